The Morgan fingerprint density at radius 2 is 1.91 bits per heavy atom. The van der Waals surface area contributed by atoms with Gasteiger partial charge in [-0.25, -0.2) is 9.78 Å². The molecule has 1 aromatic heterocycles. The van der Waals surface area contributed by atoms with Crippen molar-refractivity contribution < 1.29 is 19.1 Å². The van der Waals surface area contributed by atoms with Crippen LogP contribution in [0, 0.1) is 0 Å². The number of aromatic amines is 1. The minimum absolute atomic E-state index is 0.214. The zero-order valence-electron chi connectivity index (χ0n) is 18.4. The summed E-state index contributed by atoms with van der Waals surface area (Å²) in [6.07, 6.45) is 8.54. The number of esters is 1. The number of rotatable bonds is 6. The summed E-state index contributed by atoms with van der Waals surface area (Å²) < 4.78 is 9.91. The fraction of sp³-hybridized carbons (Fsp3) is 0.160. The number of hydrogen-bond donors (Lipinski definition) is 2. The maximum absolute atomic E-state index is 12.8. The lowest BCUT2D eigenvalue weighted by molar-refractivity contribution is -0.142. The highest BCUT2D eigenvalue weighted by atomic mass is 35.5. The largest absolute Gasteiger partial charge is 0.482 e. The number of imidazole rings is 1. The van der Waals surface area contributed by atoms with E-state index in [4.69, 9.17) is 27.9 Å². The number of benzene rings is 2. The first-order chi connectivity index (χ1) is 16.3. The maximum Gasteiger partial charge on any atom is 0.343 e. The number of methoxy groups -OCH3 is 1. The Kier molecular flexibility index (Phi) is 7.05. The molecule has 0 fully saturated rings. The Hall–Kier alpha value is -3.55. The number of nitrogens with one attached hydrogen (secondary N) is 2. The van der Waals surface area contributed by atoms with Crippen molar-refractivity contribution in [1.82, 2.24) is 15.3 Å². The molecule has 9 heteroatoms. The van der Waals surface area contributed by atoms with Crippen molar-refractivity contribution in [2.24, 2.45) is 0 Å². The number of fused-ring (bicyclic) bond motifs is 1. The highest BCUT2D eigenvalue weighted by Crippen LogP contribution is 2.37. The lowest BCUT2D eigenvalue weighted by Gasteiger charge is -2.09. The number of H-pyrrole nitrogens is 1. The molecule has 2 N–H and O–H groups in total. The summed E-state index contributed by atoms with van der Waals surface area (Å²) in [7, 11) is 1.27. The van der Waals surface area contributed by atoms with E-state index in [9.17, 15) is 9.59 Å². The van der Waals surface area contributed by atoms with E-state index in [0.29, 0.717) is 50.2 Å². The van der Waals surface area contributed by atoms with Crippen LogP contribution in [0.25, 0.3) is 22.4 Å². The van der Waals surface area contributed by atoms with E-state index in [1.807, 2.05) is 31.2 Å². The molecule has 1 aliphatic rings. The van der Waals surface area contributed by atoms with Gasteiger partial charge in [0.2, 0.25) is 0 Å². The van der Waals surface area contributed by atoms with Crippen LogP contribution in [0.4, 0.5) is 0 Å². The van der Waals surface area contributed by atoms with Gasteiger partial charge in [0.15, 0.2) is 6.61 Å². The molecule has 34 heavy (non-hydrogen) atoms. The molecule has 0 unspecified atom stereocenters. The summed E-state index contributed by atoms with van der Waals surface area (Å²) in [4.78, 5) is 31.8. The molecule has 3 aromatic rings. The van der Waals surface area contributed by atoms with Crippen LogP contribution in [-0.4, -0.2) is 35.6 Å². The molecular weight excluding hydrogens is 477 g/mol. The number of amides is 1. The van der Waals surface area contributed by atoms with E-state index in [-0.39, 0.29) is 12.5 Å². The second kappa shape index (κ2) is 10.2. The molecule has 1 aliphatic carbocycles. The third-order valence-electron chi connectivity index (χ3n) is 5.12. The fourth-order valence-corrected chi connectivity index (χ4v) is 4.01. The Balaban J connectivity index is 1.57. The van der Waals surface area contributed by atoms with Crippen LogP contribution in [-0.2, 0) is 9.53 Å². The van der Waals surface area contributed by atoms with Gasteiger partial charge in [-0.1, -0.05) is 47.0 Å². The standard InChI is InChI=1S/C25H21Cl2N3O4/c1-14-4-3-5-16(8-6-14)28-25(32)15-7-9-20-21(10-15)30-24(29-20)23-18(26)11-17(12-19(23)27)34-13-22(31)33-2/h3-4,6-12H,5,13H2,1-2H3,(H,28,32)(H,29,30). The third-order valence-corrected chi connectivity index (χ3v) is 5.72. The first-order valence-electron chi connectivity index (χ1n) is 10.4. The maximum atomic E-state index is 12.8. The van der Waals surface area contributed by atoms with E-state index >= 15 is 0 Å². The summed E-state index contributed by atoms with van der Waals surface area (Å²) in [5.41, 5.74) is 4.22. The molecule has 0 radical (unpaired) electrons. The van der Waals surface area contributed by atoms with Crippen LogP contribution in [0.5, 0.6) is 5.75 Å². The van der Waals surface area contributed by atoms with Gasteiger partial charge in [-0.15, -0.1) is 0 Å². The monoisotopic (exact) mass is 497 g/mol. The smallest absolute Gasteiger partial charge is 0.343 e. The van der Waals surface area contributed by atoms with Crippen LogP contribution < -0.4 is 10.1 Å². The van der Waals surface area contributed by atoms with Crippen molar-refractivity contribution in [3.05, 3.63) is 81.5 Å². The van der Waals surface area contributed by atoms with E-state index in [1.165, 1.54) is 7.11 Å². The molecule has 1 amide bonds. The quantitative estimate of drug-likeness (QED) is 0.431. The van der Waals surface area contributed by atoms with Crippen molar-refractivity contribution in [3.63, 3.8) is 0 Å². The average Bonchev–Trinajstić information content (AvgIpc) is 3.11. The molecule has 0 bridgehead atoms. The average molecular weight is 498 g/mol. The van der Waals surface area contributed by atoms with Crippen molar-refractivity contribution in [2.75, 3.05) is 13.7 Å². The number of halogens is 2. The van der Waals surface area contributed by atoms with Gasteiger partial charge in [0.25, 0.3) is 5.91 Å². The number of hydrogen-bond acceptors (Lipinski definition) is 5. The zero-order valence-corrected chi connectivity index (χ0v) is 20.0. The predicted molar refractivity (Wildman–Crippen MR) is 132 cm³/mol. The van der Waals surface area contributed by atoms with Gasteiger partial charge in [-0.3, -0.25) is 4.79 Å². The second-order valence-electron chi connectivity index (χ2n) is 7.61. The number of ether oxygens (including phenoxy) is 2. The fourth-order valence-electron chi connectivity index (χ4n) is 3.37. The summed E-state index contributed by atoms with van der Waals surface area (Å²) in [5.74, 6) is 0.0341. The number of nitrogens with zero attached hydrogens (tertiary/aromatic N) is 1. The molecular formula is C25H21Cl2N3O4. The molecule has 0 aliphatic heterocycles. The van der Waals surface area contributed by atoms with Crippen LogP contribution in [0.3, 0.4) is 0 Å². The number of carbonyl (C=O) groups is 2. The van der Waals surface area contributed by atoms with Crippen LogP contribution in [0.15, 0.2) is 65.9 Å². The normalized spacial score (nSPS) is 13.2. The SMILES string of the molecule is COC(=O)COc1cc(Cl)c(-c2nc3ccc(C(=O)NC4=CC=C(C)C=CC4)cc3[nH]2)c(Cl)c1. The van der Waals surface area contributed by atoms with Gasteiger partial charge < -0.3 is 19.8 Å². The van der Waals surface area contributed by atoms with Crippen LogP contribution >= 0.6 is 23.2 Å². The molecule has 174 valence electrons. The van der Waals surface area contributed by atoms with E-state index < -0.39 is 5.97 Å². The van der Waals surface area contributed by atoms with Gasteiger partial charge in [0.1, 0.15) is 11.6 Å². The van der Waals surface area contributed by atoms with Crippen molar-refractivity contribution in [2.45, 2.75) is 13.3 Å². The lowest BCUT2D eigenvalue weighted by Crippen LogP contribution is -2.22. The molecule has 0 atom stereocenters. The molecule has 2 aromatic carbocycles. The number of allylic oxidation sites excluding steroid dienone is 5. The zero-order chi connectivity index (χ0) is 24.2. The molecule has 7 nitrogen and oxygen atoms in total. The van der Waals surface area contributed by atoms with Gasteiger partial charge in [-0.05, 0) is 43.3 Å². The van der Waals surface area contributed by atoms with Gasteiger partial charge in [0.05, 0.1) is 33.8 Å². The predicted octanol–water partition coefficient (Wildman–Crippen LogP) is 5.61. The summed E-state index contributed by atoms with van der Waals surface area (Å²) in [5, 5.41) is 3.54. The number of carbonyl (C=O) groups excluding carboxylic acids is 2. The lowest BCUT2D eigenvalue weighted by atomic mass is 10.1. The van der Waals surface area contributed by atoms with Crippen molar-refractivity contribution in [1.29, 1.82) is 0 Å². The summed E-state index contributed by atoms with van der Waals surface area (Å²) in [6, 6.07) is 8.28. The molecule has 0 spiro atoms. The highest BCUT2D eigenvalue weighted by Gasteiger charge is 2.17. The Morgan fingerprint density at radius 3 is 2.65 bits per heavy atom. The third kappa shape index (κ3) is 5.32. The Bertz CT molecular complexity index is 1350. The Morgan fingerprint density at radius 1 is 1.15 bits per heavy atom. The van der Waals surface area contributed by atoms with Crippen LogP contribution in [0.2, 0.25) is 10.0 Å². The number of aromatic nitrogens is 2. The molecule has 0 saturated carbocycles. The van der Waals surface area contributed by atoms with E-state index in [2.05, 4.69) is 20.0 Å². The Labute approximate surface area is 206 Å². The minimum Gasteiger partial charge on any atom is -0.482 e. The first-order valence-corrected chi connectivity index (χ1v) is 11.1. The highest BCUT2D eigenvalue weighted by molar-refractivity contribution is 6.39. The van der Waals surface area contributed by atoms with E-state index in [1.54, 1.807) is 30.3 Å². The van der Waals surface area contributed by atoms with Gasteiger partial charge >= 0.3 is 5.97 Å². The van der Waals surface area contributed by atoms with E-state index in [0.717, 1.165) is 11.3 Å². The molecule has 1 heterocycles. The molecule has 0 saturated heterocycles. The van der Waals surface area contributed by atoms with Gasteiger partial charge in [0, 0.05) is 17.7 Å². The van der Waals surface area contributed by atoms with Crippen molar-refractivity contribution >= 4 is 46.1 Å². The van der Waals surface area contributed by atoms with Gasteiger partial charge in [-0.2, -0.15) is 0 Å². The minimum atomic E-state index is -0.521. The second-order valence-corrected chi connectivity index (χ2v) is 8.42. The topological polar surface area (TPSA) is 93.3 Å². The molecule has 4 rings (SSSR count). The van der Waals surface area contributed by atoms with Crippen molar-refractivity contribution in [3.8, 4) is 17.1 Å². The summed E-state index contributed by atoms with van der Waals surface area (Å²) in [6.45, 7) is 1.74. The van der Waals surface area contributed by atoms with Crippen LogP contribution in [0.1, 0.15) is 23.7 Å². The summed E-state index contributed by atoms with van der Waals surface area (Å²) >= 11 is 12.9. The first kappa shape index (κ1) is 23.6.